The minimum atomic E-state index is 0.0939. The molecule has 1 amide bonds. The van der Waals surface area contributed by atoms with Crippen molar-refractivity contribution in [2.45, 2.75) is 50.2 Å². The quantitative estimate of drug-likeness (QED) is 0.806. The zero-order valence-corrected chi connectivity index (χ0v) is 15.8. The minimum absolute atomic E-state index is 0.0939. The first-order valence-electron chi connectivity index (χ1n) is 8.98. The Morgan fingerprint density at radius 3 is 2.76 bits per heavy atom. The summed E-state index contributed by atoms with van der Waals surface area (Å²) < 4.78 is 1.98. The molecule has 3 rings (SSSR count). The van der Waals surface area contributed by atoms with Crippen LogP contribution in [0.5, 0.6) is 0 Å². The Morgan fingerprint density at radius 2 is 2.00 bits per heavy atom. The number of benzene rings is 1. The first-order valence-corrected chi connectivity index (χ1v) is 9.96. The molecule has 1 aliphatic rings. The van der Waals surface area contributed by atoms with Crippen LogP contribution in [0, 0.1) is 5.92 Å². The third-order valence-electron chi connectivity index (χ3n) is 4.92. The molecular weight excluding hydrogens is 332 g/mol. The van der Waals surface area contributed by atoms with Gasteiger partial charge in [-0.3, -0.25) is 4.79 Å². The summed E-state index contributed by atoms with van der Waals surface area (Å²) in [5.74, 6) is 1.97. The number of carbonyl (C=O) groups excluding carboxylic acids is 1. The Kier molecular flexibility index (Phi) is 6.13. The van der Waals surface area contributed by atoms with Gasteiger partial charge in [0, 0.05) is 19.5 Å². The third kappa shape index (κ3) is 4.84. The molecule has 0 aliphatic heterocycles. The Labute approximate surface area is 153 Å². The van der Waals surface area contributed by atoms with Crippen molar-refractivity contribution in [2.24, 2.45) is 13.0 Å². The average molecular weight is 359 g/mol. The lowest BCUT2D eigenvalue weighted by Gasteiger charge is -2.29. The molecule has 0 bridgehead atoms. The second-order valence-corrected chi connectivity index (χ2v) is 7.79. The number of amides is 1. The number of carbonyl (C=O) groups is 1. The summed E-state index contributed by atoms with van der Waals surface area (Å²) in [5, 5.41) is 12.5. The highest BCUT2D eigenvalue weighted by molar-refractivity contribution is 7.99. The van der Waals surface area contributed by atoms with Crippen molar-refractivity contribution >= 4 is 17.7 Å². The molecule has 1 aromatic heterocycles. The average Bonchev–Trinajstić information content (AvgIpc) is 2.96. The summed E-state index contributed by atoms with van der Waals surface area (Å²) in [4.78, 5) is 12.2. The normalized spacial score (nSPS) is 20.4. The molecule has 0 radical (unpaired) electrons. The number of thioether (sulfide) groups is 1. The van der Waals surface area contributed by atoms with Gasteiger partial charge in [-0.25, -0.2) is 0 Å². The van der Waals surface area contributed by atoms with Gasteiger partial charge >= 0.3 is 0 Å². The highest BCUT2D eigenvalue weighted by Crippen LogP contribution is 2.24. The summed E-state index contributed by atoms with van der Waals surface area (Å²) in [6, 6.07) is 10.6. The van der Waals surface area contributed by atoms with E-state index in [2.05, 4.69) is 34.6 Å². The van der Waals surface area contributed by atoms with Crippen LogP contribution in [0.2, 0.25) is 0 Å². The maximum Gasteiger partial charge on any atom is 0.230 e. The van der Waals surface area contributed by atoms with E-state index in [1.807, 2.05) is 29.8 Å². The molecule has 1 fully saturated rings. The number of hydrogen-bond acceptors (Lipinski definition) is 4. The van der Waals surface area contributed by atoms with Gasteiger partial charge in [-0.2, -0.15) is 0 Å². The Morgan fingerprint density at radius 1 is 1.24 bits per heavy atom. The van der Waals surface area contributed by atoms with Crippen LogP contribution in [0.1, 0.15) is 44.0 Å². The SMILES string of the molecule is C[C@H]1CCCC[C@@H]1NC(=O)CSc1nnc(Cc2ccccc2)n1C. The molecule has 6 heteroatoms. The monoisotopic (exact) mass is 358 g/mol. The summed E-state index contributed by atoms with van der Waals surface area (Å²) in [6.07, 6.45) is 5.56. The van der Waals surface area contributed by atoms with Crippen LogP contribution >= 0.6 is 11.8 Å². The number of aromatic nitrogens is 3. The predicted octanol–water partition coefficient (Wildman–Crippen LogP) is 3.19. The van der Waals surface area contributed by atoms with E-state index in [0.29, 0.717) is 17.7 Å². The molecule has 1 heterocycles. The van der Waals surface area contributed by atoms with Crippen molar-refractivity contribution in [3.8, 4) is 0 Å². The molecule has 1 aliphatic carbocycles. The van der Waals surface area contributed by atoms with E-state index in [0.717, 1.165) is 23.8 Å². The molecule has 0 spiro atoms. The predicted molar refractivity (Wildman–Crippen MR) is 101 cm³/mol. The first-order chi connectivity index (χ1) is 12.1. The number of rotatable bonds is 6. The Balaban J connectivity index is 1.52. The minimum Gasteiger partial charge on any atom is -0.352 e. The van der Waals surface area contributed by atoms with Crippen molar-refractivity contribution < 1.29 is 4.79 Å². The van der Waals surface area contributed by atoms with Crippen LogP contribution < -0.4 is 5.32 Å². The fraction of sp³-hybridized carbons (Fsp3) is 0.526. The lowest BCUT2D eigenvalue weighted by molar-refractivity contribution is -0.119. The molecule has 134 valence electrons. The zero-order valence-electron chi connectivity index (χ0n) is 14.9. The van der Waals surface area contributed by atoms with Crippen molar-refractivity contribution in [3.63, 3.8) is 0 Å². The maximum absolute atomic E-state index is 12.2. The van der Waals surface area contributed by atoms with E-state index < -0.39 is 0 Å². The van der Waals surface area contributed by atoms with Gasteiger partial charge < -0.3 is 9.88 Å². The highest BCUT2D eigenvalue weighted by Gasteiger charge is 2.23. The first kappa shape index (κ1) is 18.0. The molecule has 1 N–H and O–H groups in total. The summed E-state index contributed by atoms with van der Waals surface area (Å²) in [6.45, 7) is 2.23. The molecule has 5 nitrogen and oxygen atoms in total. The van der Waals surface area contributed by atoms with E-state index >= 15 is 0 Å². The van der Waals surface area contributed by atoms with E-state index in [-0.39, 0.29) is 5.91 Å². The van der Waals surface area contributed by atoms with Crippen LogP contribution in [0.3, 0.4) is 0 Å². The van der Waals surface area contributed by atoms with Gasteiger partial charge in [-0.1, -0.05) is 61.9 Å². The molecular formula is C19H26N4OS. The van der Waals surface area contributed by atoms with E-state index in [1.54, 1.807) is 0 Å². The van der Waals surface area contributed by atoms with Crippen molar-refractivity contribution in [1.82, 2.24) is 20.1 Å². The van der Waals surface area contributed by atoms with Gasteiger partial charge in [0.05, 0.1) is 5.75 Å². The Bertz CT molecular complexity index is 701. The molecule has 0 saturated heterocycles. The Hall–Kier alpha value is -1.82. The smallest absolute Gasteiger partial charge is 0.230 e. The van der Waals surface area contributed by atoms with Crippen LogP contribution in [0.15, 0.2) is 35.5 Å². The lowest BCUT2D eigenvalue weighted by atomic mass is 9.86. The molecule has 25 heavy (non-hydrogen) atoms. The topological polar surface area (TPSA) is 59.8 Å². The zero-order chi connectivity index (χ0) is 17.6. The van der Waals surface area contributed by atoms with E-state index in [1.165, 1.54) is 36.6 Å². The third-order valence-corrected chi connectivity index (χ3v) is 5.94. The van der Waals surface area contributed by atoms with Gasteiger partial charge in [0.25, 0.3) is 0 Å². The van der Waals surface area contributed by atoms with Crippen LogP contribution in [0.4, 0.5) is 0 Å². The van der Waals surface area contributed by atoms with Crippen LogP contribution in [-0.2, 0) is 18.3 Å². The van der Waals surface area contributed by atoms with Gasteiger partial charge in [-0.15, -0.1) is 10.2 Å². The van der Waals surface area contributed by atoms with Crippen molar-refractivity contribution in [3.05, 3.63) is 41.7 Å². The van der Waals surface area contributed by atoms with E-state index in [9.17, 15) is 4.79 Å². The van der Waals surface area contributed by atoms with Crippen LogP contribution in [0.25, 0.3) is 0 Å². The van der Waals surface area contributed by atoms with Crippen molar-refractivity contribution in [1.29, 1.82) is 0 Å². The highest BCUT2D eigenvalue weighted by atomic mass is 32.2. The largest absolute Gasteiger partial charge is 0.352 e. The second-order valence-electron chi connectivity index (χ2n) is 6.84. The molecule has 1 aromatic carbocycles. The van der Waals surface area contributed by atoms with Crippen molar-refractivity contribution in [2.75, 3.05) is 5.75 Å². The molecule has 0 unspecified atom stereocenters. The summed E-state index contributed by atoms with van der Waals surface area (Å²) in [7, 11) is 1.96. The number of nitrogens with zero attached hydrogens (tertiary/aromatic N) is 3. The van der Waals surface area contributed by atoms with E-state index in [4.69, 9.17) is 0 Å². The van der Waals surface area contributed by atoms with Gasteiger partial charge in [0.15, 0.2) is 5.16 Å². The molecule has 2 atom stereocenters. The summed E-state index contributed by atoms with van der Waals surface area (Å²) in [5.41, 5.74) is 1.21. The lowest BCUT2D eigenvalue weighted by Crippen LogP contribution is -2.41. The standard InChI is InChI=1S/C19H26N4OS/c1-14-8-6-7-11-16(14)20-18(24)13-25-19-22-21-17(23(19)2)12-15-9-4-3-5-10-15/h3-5,9-10,14,16H,6-8,11-13H2,1-2H3,(H,20,24)/t14-,16-/m0/s1. The number of nitrogens with one attached hydrogen (secondary N) is 1. The van der Waals surface area contributed by atoms with Gasteiger partial charge in [-0.05, 0) is 24.3 Å². The summed E-state index contributed by atoms with van der Waals surface area (Å²) >= 11 is 1.45. The fourth-order valence-corrected chi connectivity index (χ4v) is 4.05. The fourth-order valence-electron chi connectivity index (χ4n) is 3.31. The van der Waals surface area contributed by atoms with Crippen LogP contribution in [-0.4, -0.2) is 32.5 Å². The van der Waals surface area contributed by atoms with Gasteiger partial charge in [0.1, 0.15) is 5.82 Å². The molecule has 1 saturated carbocycles. The second kappa shape index (κ2) is 8.52. The van der Waals surface area contributed by atoms with Gasteiger partial charge in [0.2, 0.25) is 5.91 Å². The molecule has 2 aromatic rings. The number of hydrogen-bond donors (Lipinski definition) is 1. The maximum atomic E-state index is 12.2.